The van der Waals surface area contributed by atoms with Crippen molar-refractivity contribution >= 4 is 10.0 Å². The van der Waals surface area contributed by atoms with Crippen LogP contribution in [-0.2, 0) is 26.8 Å². The highest BCUT2D eigenvalue weighted by atomic mass is 32.2. The molecular formula is C17H20N2O3S. The molecule has 6 heteroatoms. The molecule has 1 fully saturated rings. The summed E-state index contributed by atoms with van der Waals surface area (Å²) in [5.41, 5.74) is 1.63. The summed E-state index contributed by atoms with van der Waals surface area (Å²) in [6.07, 6.45) is 3.66. The predicted molar refractivity (Wildman–Crippen MR) is 87.5 cm³/mol. The average Bonchev–Trinajstić information content (AvgIpc) is 3.36. The van der Waals surface area contributed by atoms with Crippen molar-refractivity contribution < 1.29 is 13.2 Å². The van der Waals surface area contributed by atoms with Crippen molar-refractivity contribution in [2.24, 2.45) is 0 Å². The maximum Gasteiger partial charge on any atom is 0.240 e. The van der Waals surface area contributed by atoms with Crippen LogP contribution in [0.5, 0.6) is 0 Å². The van der Waals surface area contributed by atoms with Gasteiger partial charge in [0.25, 0.3) is 0 Å². The molecule has 1 heterocycles. The Balaban J connectivity index is 1.73. The zero-order chi connectivity index (χ0) is 16.3. The molecule has 0 aliphatic heterocycles. The van der Waals surface area contributed by atoms with E-state index in [9.17, 15) is 8.42 Å². The molecule has 5 nitrogen and oxygen atoms in total. The van der Waals surface area contributed by atoms with E-state index in [-0.39, 0.29) is 10.3 Å². The minimum absolute atomic E-state index is 0.154. The SMILES string of the molecule is COCc1cccc(S(=O)(=O)NCC2(c3ccccn3)CC2)c1. The Kier molecular flexibility index (Phi) is 4.48. The van der Waals surface area contributed by atoms with E-state index in [4.69, 9.17) is 4.74 Å². The molecule has 122 valence electrons. The van der Waals surface area contributed by atoms with Crippen LogP contribution in [0.1, 0.15) is 24.1 Å². The first-order valence-corrected chi connectivity index (χ1v) is 9.03. The van der Waals surface area contributed by atoms with E-state index in [1.807, 2.05) is 24.3 Å². The molecule has 0 bridgehead atoms. The minimum Gasteiger partial charge on any atom is -0.380 e. The zero-order valence-electron chi connectivity index (χ0n) is 13.0. The van der Waals surface area contributed by atoms with Crippen LogP contribution in [0.2, 0.25) is 0 Å². The van der Waals surface area contributed by atoms with Crippen LogP contribution in [-0.4, -0.2) is 27.1 Å². The number of pyridine rings is 1. The van der Waals surface area contributed by atoms with E-state index < -0.39 is 10.0 Å². The smallest absolute Gasteiger partial charge is 0.240 e. The van der Waals surface area contributed by atoms with Gasteiger partial charge >= 0.3 is 0 Å². The van der Waals surface area contributed by atoms with Gasteiger partial charge in [0, 0.05) is 31.0 Å². The molecular weight excluding hydrogens is 312 g/mol. The third kappa shape index (κ3) is 3.60. The summed E-state index contributed by atoms with van der Waals surface area (Å²) in [6.45, 7) is 0.766. The van der Waals surface area contributed by atoms with Gasteiger partial charge in [-0.15, -0.1) is 0 Å². The second kappa shape index (κ2) is 6.39. The molecule has 1 saturated carbocycles. The molecule has 0 unspecified atom stereocenters. The average molecular weight is 332 g/mol. The van der Waals surface area contributed by atoms with Crippen molar-refractivity contribution in [2.45, 2.75) is 29.8 Å². The molecule has 1 aliphatic rings. The van der Waals surface area contributed by atoms with Gasteiger partial charge in [0.2, 0.25) is 10.0 Å². The van der Waals surface area contributed by atoms with Gasteiger partial charge in [-0.05, 0) is 42.7 Å². The van der Waals surface area contributed by atoms with Crippen molar-refractivity contribution in [3.05, 3.63) is 59.9 Å². The lowest BCUT2D eigenvalue weighted by molar-refractivity contribution is 0.184. The summed E-state index contributed by atoms with van der Waals surface area (Å²) in [7, 11) is -1.95. The molecule has 23 heavy (non-hydrogen) atoms. The maximum atomic E-state index is 12.5. The Labute approximate surface area is 136 Å². The molecule has 1 aromatic carbocycles. The Morgan fingerprint density at radius 2 is 2.04 bits per heavy atom. The molecule has 2 aromatic rings. The lowest BCUT2D eigenvalue weighted by Gasteiger charge is -2.16. The number of hydrogen-bond donors (Lipinski definition) is 1. The van der Waals surface area contributed by atoms with Gasteiger partial charge in [0.15, 0.2) is 0 Å². The number of nitrogens with zero attached hydrogens (tertiary/aromatic N) is 1. The number of methoxy groups -OCH3 is 1. The Morgan fingerprint density at radius 3 is 2.70 bits per heavy atom. The van der Waals surface area contributed by atoms with Gasteiger partial charge in [0.1, 0.15) is 0 Å². The Morgan fingerprint density at radius 1 is 1.22 bits per heavy atom. The first-order valence-electron chi connectivity index (χ1n) is 7.55. The van der Waals surface area contributed by atoms with Crippen molar-refractivity contribution in [3.63, 3.8) is 0 Å². The largest absolute Gasteiger partial charge is 0.380 e. The second-order valence-corrected chi connectivity index (χ2v) is 7.67. The summed E-state index contributed by atoms with van der Waals surface area (Å²) < 4.78 is 32.8. The van der Waals surface area contributed by atoms with Crippen LogP contribution < -0.4 is 4.72 Å². The quantitative estimate of drug-likeness (QED) is 0.844. The van der Waals surface area contributed by atoms with Crippen LogP contribution >= 0.6 is 0 Å². The predicted octanol–water partition coefficient (Wildman–Crippen LogP) is 2.24. The molecule has 3 rings (SSSR count). The fraction of sp³-hybridized carbons (Fsp3) is 0.353. The Bertz CT molecular complexity index is 771. The molecule has 0 radical (unpaired) electrons. The van der Waals surface area contributed by atoms with E-state index in [1.165, 1.54) is 0 Å². The molecule has 1 aromatic heterocycles. The van der Waals surface area contributed by atoms with Crippen LogP contribution in [0.15, 0.2) is 53.6 Å². The molecule has 0 saturated heterocycles. The normalized spacial score (nSPS) is 16.2. The maximum absolute atomic E-state index is 12.5. The zero-order valence-corrected chi connectivity index (χ0v) is 13.8. The third-order valence-electron chi connectivity index (χ3n) is 4.18. The summed E-state index contributed by atoms with van der Waals surface area (Å²) in [4.78, 5) is 4.64. The van der Waals surface area contributed by atoms with Crippen LogP contribution in [0.4, 0.5) is 0 Å². The van der Waals surface area contributed by atoms with Gasteiger partial charge in [-0.2, -0.15) is 0 Å². The molecule has 1 aliphatic carbocycles. The van der Waals surface area contributed by atoms with Crippen molar-refractivity contribution in [2.75, 3.05) is 13.7 Å². The van der Waals surface area contributed by atoms with Crippen LogP contribution in [0, 0.1) is 0 Å². The topological polar surface area (TPSA) is 68.3 Å². The summed E-state index contributed by atoms with van der Waals surface area (Å²) in [6, 6.07) is 12.6. The van der Waals surface area contributed by atoms with Gasteiger partial charge < -0.3 is 4.74 Å². The summed E-state index contributed by atoms with van der Waals surface area (Å²) in [5, 5.41) is 0. The van der Waals surface area contributed by atoms with E-state index in [0.717, 1.165) is 24.1 Å². The van der Waals surface area contributed by atoms with Gasteiger partial charge in [0.05, 0.1) is 11.5 Å². The number of hydrogen-bond acceptors (Lipinski definition) is 4. The molecule has 0 atom stereocenters. The number of aromatic nitrogens is 1. The van der Waals surface area contributed by atoms with Gasteiger partial charge in [-0.1, -0.05) is 18.2 Å². The lowest BCUT2D eigenvalue weighted by Crippen LogP contribution is -2.32. The minimum atomic E-state index is -3.54. The fourth-order valence-electron chi connectivity index (χ4n) is 2.64. The standard InChI is InChI=1S/C17H20N2O3S/c1-22-12-14-5-4-6-15(11-14)23(20,21)19-13-17(8-9-17)16-7-2-3-10-18-16/h2-7,10-11,19H,8-9,12-13H2,1H3. The first kappa shape index (κ1) is 16.1. The van der Waals surface area contributed by atoms with Crippen LogP contribution in [0.25, 0.3) is 0 Å². The number of rotatable bonds is 7. The number of benzene rings is 1. The van der Waals surface area contributed by atoms with Gasteiger partial charge in [-0.25, -0.2) is 13.1 Å². The van der Waals surface area contributed by atoms with E-state index in [2.05, 4.69) is 9.71 Å². The van der Waals surface area contributed by atoms with Crippen LogP contribution in [0.3, 0.4) is 0 Å². The number of ether oxygens (including phenoxy) is 1. The third-order valence-corrected chi connectivity index (χ3v) is 5.58. The van der Waals surface area contributed by atoms with Crippen molar-refractivity contribution in [1.29, 1.82) is 0 Å². The van der Waals surface area contributed by atoms with E-state index >= 15 is 0 Å². The highest BCUT2D eigenvalue weighted by Gasteiger charge is 2.46. The number of nitrogens with one attached hydrogen (secondary N) is 1. The molecule has 1 N–H and O–H groups in total. The monoisotopic (exact) mass is 332 g/mol. The fourth-order valence-corrected chi connectivity index (χ4v) is 3.83. The van der Waals surface area contributed by atoms with Crippen molar-refractivity contribution in [3.8, 4) is 0 Å². The Hall–Kier alpha value is -1.76. The summed E-state index contributed by atoms with van der Waals surface area (Å²) >= 11 is 0. The summed E-state index contributed by atoms with van der Waals surface area (Å²) in [5.74, 6) is 0. The van der Waals surface area contributed by atoms with E-state index in [0.29, 0.717) is 13.2 Å². The van der Waals surface area contributed by atoms with Gasteiger partial charge in [-0.3, -0.25) is 4.98 Å². The van der Waals surface area contributed by atoms with Crippen molar-refractivity contribution in [1.82, 2.24) is 9.71 Å². The second-order valence-electron chi connectivity index (χ2n) is 5.90. The molecule has 0 spiro atoms. The first-order chi connectivity index (χ1) is 11.1. The highest BCUT2D eigenvalue weighted by molar-refractivity contribution is 7.89. The number of sulfonamides is 1. The highest BCUT2D eigenvalue weighted by Crippen LogP contribution is 2.46. The molecule has 0 amide bonds. The lowest BCUT2D eigenvalue weighted by atomic mass is 10.0. The van der Waals surface area contributed by atoms with E-state index in [1.54, 1.807) is 31.5 Å².